The lowest BCUT2D eigenvalue weighted by Crippen LogP contribution is -2.21. The van der Waals surface area contributed by atoms with Crippen molar-refractivity contribution >= 4 is 49.5 Å². The SMILES string of the molecule is Cc1ccc2c(c1)c(=O)c1cc3c(cc1n2Cc1ccccc1C)c(=O)c1cc(C)ccc1n3C(=O)c1ccccc1C. The van der Waals surface area contributed by atoms with Gasteiger partial charge >= 0.3 is 0 Å². The molecule has 0 spiro atoms. The van der Waals surface area contributed by atoms with Gasteiger partial charge < -0.3 is 4.57 Å². The highest BCUT2D eigenvalue weighted by atomic mass is 16.2. The Balaban J connectivity index is 1.67. The summed E-state index contributed by atoms with van der Waals surface area (Å²) < 4.78 is 3.74. The summed E-state index contributed by atoms with van der Waals surface area (Å²) in [5.74, 6) is -0.242. The number of aryl methyl sites for hydroxylation is 4. The third kappa shape index (κ3) is 4.19. The van der Waals surface area contributed by atoms with E-state index in [0.717, 1.165) is 33.3 Å². The molecule has 5 heteroatoms. The first kappa shape index (κ1) is 26.6. The first-order valence-corrected chi connectivity index (χ1v) is 14.4. The first-order valence-electron chi connectivity index (χ1n) is 14.4. The fourth-order valence-electron chi connectivity index (χ4n) is 6.27. The number of carbonyl (C=O) groups excluding carboxylic acids is 1. The van der Waals surface area contributed by atoms with Crippen molar-refractivity contribution in [2.45, 2.75) is 34.2 Å². The number of carbonyl (C=O) groups is 1. The molecule has 0 N–H and O–H groups in total. The van der Waals surface area contributed by atoms with Gasteiger partial charge in [0.05, 0.1) is 22.1 Å². The molecule has 0 saturated heterocycles. The predicted molar refractivity (Wildman–Crippen MR) is 176 cm³/mol. The summed E-state index contributed by atoms with van der Waals surface area (Å²) in [6.07, 6.45) is 0. The number of aromatic nitrogens is 2. The zero-order valence-corrected chi connectivity index (χ0v) is 24.6. The minimum atomic E-state index is -0.242. The van der Waals surface area contributed by atoms with Crippen LogP contribution in [0.2, 0.25) is 0 Å². The van der Waals surface area contributed by atoms with Crippen molar-refractivity contribution in [2.75, 3.05) is 0 Å². The van der Waals surface area contributed by atoms with Crippen molar-refractivity contribution in [3.05, 3.63) is 151 Å². The van der Waals surface area contributed by atoms with Crippen molar-refractivity contribution in [3.63, 3.8) is 0 Å². The highest BCUT2D eigenvalue weighted by Gasteiger charge is 2.21. The summed E-state index contributed by atoms with van der Waals surface area (Å²) in [6.45, 7) is 8.41. The Hall–Kier alpha value is -5.29. The maximum atomic E-state index is 14.3. The average molecular weight is 563 g/mol. The van der Waals surface area contributed by atoms with Crippen molar-refractivity contribution in [3.8, 4) is 0 Å². The van der Waals surface area contributed by atoms with Gasteiger partial charge in [-0.25, -0.2) is 0 Å². The van der Waals surface area contributed by atoms with Crippen LogP contribution in [0.25, 0.3) is 43.6 Å². The molecule has 210 valence electrons. The summed E-state index contributed by atoms with van der Waals surface area (Å²) in [5.41, 5.74) is 7.68. The Labute approximate surface area is 248 Å². The van der Waals surface area contributed by atoms with Crippen LogP contribution in [0.4, 0.5) is 0 Å². The molecule has 0 fully saturated rings. The molecule has 0 aliphatic rings. The van der Waals surface area contributed by atoms with E-state index in [4.69, 9.17) is 0 Å². The van der Waals surface area contributed by atoms with Crippen molar-refractivity contribution in [2.24, 2.45) is 0 Å². The first-order chi connectivity index (χ1) is 20.7. The van der Waals surface area contributed by atoms with Crippen LogP contribution in [0.5, 0.6) is 0 Å². The predicted octanol–water partition coefficient (Wildman–Crippen LogP) is 7.59. The zero-order valence-electron chi connectivity index (χ0n) is 24.6. The van der Waals surface area contributed by atoms with Crippen LogP contribution in [0.3, 0.4) is 0 Å². The molecule has 7 aromatic rings. The molecule has 2 aromatic heterocycles. The molecule has 7 rings (SSSR count). The van der Waals surface area contributed by atoms with E-state index in [9.17, 15) is 14.4 Å². The Morgan fingerprint density at radius 1 is 0.558 bits per heavy atom. The van der Waals surface area contributed by atoms with Crippen molar-refractivity contribution < 1.29 is 4.79 Å². The van der Waals surface area contributed by atoms with E-state index < -0.39 is 0 Å². The van der Waals surface area contributed by atoms with Crippen LogP contribution in [-0.2, 0) is 6.54 Å². The number of hydrogen-bond acceptors (Lipinski definition) is 3. The fourth-order valence-corrected chi connectivity index (χ4v) is 6.27. The van der Waals surface area contributed by atoms with Gasteiger partial charge in [0.2, 0.25) is 0 Å². The van der Waals surface area contributed by atoms with E-state index in [-0.39, 0.29) is 16.8 Å². The van der Waals surface area contributed by atoms with Crippen LogP contribution < -0.4 is 10.9 Å². The van der Waals surface area contributed by atoms with Gasteiger partial charge in [-0.3, -0.25) is 19.0 Å². The summed E-state index contributed by atoms with van der Waals surface area (Å²) in [4.78, 5) is 42.6. The molecule has 0 amide bonds. The molecule has 0 radical (unpaired) electrons. The standard InChI is InChI=1S/C38H30N2O3/c1-22-13-15-32-28(17-22)36(41)30-20-35-31(19-34(30)39(32)21-26-11-7-5-9-24(26)3)37(42)29-18-23(2)14-16-33(29)40(35)38(43)27-12-8-6-10-25(27)4/h5-20H,21H2,1-4H3. The lowest BCUT2D eigenvalue weighted by atomic mass is 10.0. The Morgan fingerprint density at radius 3 is 1.77 bits per heavy atom. The van der Waals surface area contributed by atoms with Crippen LogP contribution in [0.15, 0.2) is 107 Å². The molecule has 0 aliphatic heterocycles. The van der Waals surface area contributed by atoms with E-state index in [1.165, 1.54) is 0 Å². The van der Waals surface area contributed by atoms with Gasteiger partial charge in [-0.1, -0.05) is 65.7 Å². The third-order valence-electron chi connectivity index (χ3n) is 8.63. The minimum absolute atomic E-state index is 0.122. The van der Waals surface area contributed by atoms with Gasteiger partial charge in [-0.2, -0.15) is 0 Å². The normalized spacial score (nSPS) is 11.6. The van der Waals surface area contributed by atoms with Crippen molar-refractivity contribution in [1.82, 2.24) is 9.13 Å². The fraction of sp³-hybridized carbons (Fsp3) is 0.132. The summed E-state index contributed by atoms with van der Waals surface area (Å²) in [6, 6.07) is 30.7. The van der Waals surface area contributed by atoms with Crippen LogP contribution in [0.1, 0.15) is 38.2 Å². The van der Waals surface area contributed by atoms with Gasteiger partial charge in [0.1, 0.15) is 0 Å². The van der Waals surface area contributed by atoms with Gasteiger partial charge in [-0.05, 0) is 86.8 Å². The quantitative estimate of drug-likeness (QED) is 0.209. The molecule has 5 aromatic carbocycles. The highest BCUT2D eigenvalue weighted by molar-refractivity contribution is 6.12. The summed E-state index contributed by atoms with van der Waals surface area (Å²) in [5, 5.41) is 1.95. The molecule has 5 nitrogen and oxygen atoms in total. The number of rotatable bonds is 3. The maximum Gasteiger partial charge on any atom is 0.263 e. The summed E-state index contributed by atoms with van der Waals surface area (Å²) >= 11 is 0. The zero-order chi connectivity index (χ0) is 30.0. The summed E-state index contributed by atoms with van der Waals surface area (Å²) in [7, 11) is 0. The molecule has 0 saturated carbocycles. The molecule has 0 aliphatic carbocycles. The second kappa shape index (κ2) is 9.92. The molecular formula is C38H30N2O3. The minimum Gasteiger partial charge on any atom is -0.336 e. The van der Waals surface area contributed by atoms with Gasteiger partial charge in [0.25, 0.3) is 5.91 Å². The number of fused-ring (bicyclic) bond motifs is 4. The smallest absolute Gasteiger partial charge is 0.263 e. The largest absolute Gasteiger partial charge is 0.336 e. The van der Waals surface area contributed by atoms with E-state index in [0.29, 0.717) is 50.2 Å². The molecule has 0 unspecified atom stereocenters. The lowest BCUT2D eigenvalue weighted by molar-refractivity contribution is 0.0968. The Kier molecular flexibility index (Phi) is 6.13. The van der Waals surface area contributed by atoms with E-state index in [2.05, 4.69) is 23.6 Å². The molecule has 0 atom stereocenters. The average Bonchev–Trinajstić information content (AvgIpc) is 3.00. The molecule has 43 heavy (non-hydrogen) atoms. The van der Waals surface area contributed by atoms with E-state index in [1.807, 2.05) is 93.6 Å². The molecule has 0 bridgehead atoms. The second-order valence-corrected chi connectivity index (χ2v) is 11.6. The lowest BCUT2D eigenvalue weighted by Gasteiger charge is -2.19. The Bertz CT molecular complexity index is 2430. The van der Waals surface area contributed by atoms with Gasteiger partial charge in [0, 0.05) is 33.7 Å². The van der Waals surface area contributed by atoms with Crippen molar-refractivity contribution in [1.29, 1.82) is 0 Å². The van der Waals surface area contributed by atoms with Crippen LogP contribution >= 0.6 is 0 Å². The van der Waals surface area contributed by atoms with Gasteiger partial charge in [-0.15, -0.1) is 0 Å². The molecular weight excluding hydrogens is 532 g/mol. The van der Waals surface area contributed by atoms with E-state index in [1.54, 1.807) is 16.7 Å². The molecule has 2 heterocycles. The highest BCUT2D eigenvalue weighted by Crippen LogP contribution is 2.29. The number of benzene rings is 5. The third-order valence-corrected chi connectivity index (χ3v) is 8.63. The second-order valence-electron chi connectivity index (χ2n) is 11.6. The topological polar surface area (TPSA) is 61.1 Å². The maximum absolute atomic E-state index is 14.3. The van der Waals surface area contributed by atoms with Crippen LogP contribution in [-0.4, -0.2) is 15.0 Å². The Morgan fingerprint density at radius 2 is 1.09 bits per heavy atom. The van der Waals surface area contributed by atoms with E-state index >= 15 is 0 Å². The van der Waals surface area contributed by atoms with Gasteiger partial charge in [0.15, 0.2) is 10.9 Å². The number of hydrogen-bond donors (Lipinski definition) is 0. The number of pyridine rings is 2. The monoisotopic (exact) mass is 562 g/mol. The van der Waals surface area contributed by atoms with Crippen LogP contribution in [0, 0.1) is 27.7 Å². The number of nitrogens with zero attached hydrogens (tertiary/aromatic N) is 2.